The molecule has 1 N–H and O–H groups in total. The molecule has 20 heavy (non-hydrogen) atoms. The van der Waals surface area contributed by atoms with Gasteiger partial charge in [-0.3, -0.25) is 0 Å². The van der Waals surface area contributed by atoms with Crippen LogP contribution in [0.25, 0.3) is 0 Å². The van der Waals surface area contributed by atoms with Gasteiger partial charge in [0, 0.05) is 12.6 Å². The Kier molecular flexibility index (Phi) is 4.11. The van der Waals surface area contributed by atoms with Crippen LogP contribution in [0.4, 0.5) is 4.39 Å². The average molecular weight is 275 g/mol. The molecule has 110 valence electrons. The van der Waals surface area contributed by atoms with E-state index >= 15 is 0 Å². The first-order valence-electron chi connectivity index (χ1n) is 8.15. The summed E-state index contributed by atoms with van der Waals surface area (Å²) in [6.07, 6.45) is 9.48. The fraction of sp³-hybridized carbons (Fsp3) is 0.667. The molecule has 0 amide bonds. The molecule has 1 aromatic rings. The molecule has 0 heterocycles. The second-order valence-corrected chi connectivity index (χ2v) is 7.12. The van der Waals surface area contributed by atoms with E-state index in [9.17, 15) is 4.39 Å². The topological polar surface area (TPSA) is 12.0 Å². The molecule has 2 aliphatic rings. The van der Waals surface area contributed by atoms with Gasteiger partial charge < -0.3 is 5.32 Å². The van der Waals surface area contributed by atoms with Crippen LogP contribution < -0.4 is 5.32 Å². The second kappa shape index (κ2) is 5.85. The van der Waals surface area contributed by atoms with E-state index in [1.807, 2.05) is 12.1 Å². The lowest BCUT2D eigenvalue weighted by molar-refractivity contribution is 0.197. The number of halogens is 1. The van der Waals surface area contributed by atoms with E-state index in [-0.39, 0.29) is 5.82 Å². The van der Waals surface area contributed by atoms with Gasteiger partial charge in [-0.15, -0.1) is 0 Å². The summed E-state index contributed by atoms with van der Waals surface area (Å²) in [4.78, 5) is 0. The van der Waals surface area contributed by atoms with E-state index in [4.69, 9.17) is 0 Å². The van der Waals surface area contributed by atoms with Crippen molar-refractivity contribution in [3.05, 3.63) is 35.6 Å². The third-order valence-electron chi connectivity index (χ3n) is 5.13. The Balaban J connectivity index is 1.64. The Labute approximate surface area is 122 Å². The maximum absolute atomic E-state index is 13.1. The predicted octanol–water partition coefficient (Wildman–Crippen LogP) is 4.84. The molecule has 0 aliphatic heterocycles. The molecular weight excluding hydrogens is 249 g/mol. The van der Waals surface area contributed by atoms with Gasteiger partial charge in [0.25, 0.3) is 0 Å². The second-order valence-electron chi connectivity index (χ2n) is 7.12. The molecule has 1 nitrogen and oxygen atoms in total. The predicted molar refractivity (Wildman–Crippen MR) is 81.1 cm³/mol. The lowest BCUT2D eigenvalue weighted by atomic mass is 9.75. The summed E-state index contributed by atoms with van der Waals surface area (Å²) in [7, 11) is 0. The molecular formula is C18H26FN. The van der Waals surface area contributed by atoms with Crippen molar-refractivity contribution < 1.29 is 4.39 Å². The fourth-order valence-corrected chi connectivity index (χ4v) is 3.59. The molecule has 0 bridgehead atoms. The van der Waals surface area contributed by atoms with Crippen LogP contribution in [-0.4, -0.2) is 6.54 Å². The molecule has 3 rings (SSSR count). The summed E-state index contributed by atoms with van der Waals surface area (Å²) in [5.41, 5.74) is 1.72. The number of rotatable bonds is 5. The zero-order valence-electron chi connectivity index (χ0n) is 12.5. The summed E-state index contributed by atoms with van der Waals surface area (Å²) in [6.45, 7) is 3.53. The third-order valence-corrected chi connectivity index (χ3v) is 5.13. The number of hydrogen-bond donors (Lipinski definition) is 1. The minimum Gasteiger partial charge on any atom is -0.309 e. The standard InChI is InChI=1S/C18H26FN/c1-18(11-3-2-4-12-18)13-20-17(14-5-6-14)15-7-9-16(19)10-8-15/h7-10,14,17,20H,2-6,11-13H2,1H3. The SMILES string of the molecule is CC1(CNC(c2ccc(F)cc2)C2CC2)CCCCC1. The maximum atomic E-state index is 13.1. The maximum Gasteiger partial charge on any atom is 0.123 e. The molecule has 0 saturated heterocycles. The van der Waals surface area contributed by atoms with Gasteiger partial charge in [0.1, 0.15) is 5.82 Å². The Morgan fingerprint density at radius 1 is 1.15 bits per heavy atom. The highest BCUT2D eigenvalue weighted by Gasteiger charge is 2.34. The van der Waals surface area contributed by atoms with Gasteiger partial charge in [-0.2, -0.15) is 0 Å². The zero-order chi connectivity index (χ0) is 14.0. The van der Waals surface area contributed by atoms with Gasteiger partial charge in [0.15, 0.2) is 0 Å². The molecule has 1 aromatic carbocycles. The van der Waals surface area contributed by atoms with Crippen LogP contribution >= 0.6 is 0 Å². The van der Waals surface area contributed by atoms with E-state index in [0.717, 1.165) is 12.5 Å². The van der Waals surface area contributed by atoms with Gasteiger partial charge in [-0.05, 0) is 54.7 Å². The monoisotopic (exact) mass is 275 g/mol. The molecule has 2 aliphatic carbocycles. The lowest BCUT2D eigenvalue weighted by Gasteiger charge is -2.35. The van der Waals surface area contributed by atoms with Gasteiger partial charge in [-0.1, -0.05) is 38.3 Å². The Bertz CT molecular complexity index is 429. The summed E-state index contributed by atoms with van der Waals surface area (Å²) in [5.74, 6) is 0.621. The molecule has 2 heteroatoms. The van der Waals surface area contributed by atoms with E-state index in [0.29, 0.717) is 11.5 Å². The normalized spacial score (nSPS) is 23.5. The molecule has 1 unspecified atom stereocenters. The van der Waals surface area contributed by atoms with Crippen LogP contribution in [0.1, 0.15) is 63.5 Å². The Morgan fingerprint density at radius 2 is 1.80 bits per heavy atom. The quantitative estimate of drug-likeness (QED) is 0.811. The molecule has 0 aromatic heterocycles. The largest absolute Gasteiger partial charge is 0.309 e. The highest BCUT2D eigenvalue weighted by molar-refractivity contribution is 5.22. The zero-order valence-corrected chi connectivity index (χ0v) is 12.5. The van der Waals surface area contributed by atoms with Crippen molar-refractivity contribution in [2.24, 2.45) is 11.3 Å². The van der Waals surface area contributed by atoms with Crippen LogP contribution in [0.3, 0.4) is 0 Å². The first-order valence-corrected chi connectivity index (χ1v) is 8.15. The number of hydrogen-bond acceptors (Lipinski definition) is 1. The van der Waals surface area contributed by atoms with Crippen LogP contribution in [0.2, 0.25) is 0 Å². The van der Waals surface area contributed by atoms with Crippen LogP contribution in [0.15, 0.2) is 24.3 Å². The molecule has 0 spiro atoms. The lowest BCUT2D eigenvalue weighted by Crippen LogP contribution is -2.36. The van der Waals surface area contributed by atoms with Crippen molar-refractivity contribution >= 4 is 0 Å². The summed E-state index contributed by atoms with van der Waals surface area (Å²) in [5, 5.41) is 3.81. The van der Waals surface area contributed by atoms with Gasteiger partial charge in [0.2, 0.25) is 0 Å². The molecule has 1 atom stereocenters. The van der Waals surface area contributed by atoms with E-state index < -0.39 is 0 Å². The molecule has 2 saturated carbocycles. The summed E-state index contributed by atoms with van der Waals surface area (Å²) < 4.78 is 13.1. The van der Waals surface area contributed by atoms with Crippen LogP contribution in [0.5, 0.6) is 0 Å². The van der Waals surface area contributed by atoms with Crippen molar-refractivity contribution in [1.82, 2.24) is 5.32 Å². The number of nitrogens with one attached hydrogen (secondary N) is 1. The van der Waals surface area contributed by atoms with Gasteiger partial charge in [0.05, 0.1) is 0 Å². The minimum absolute atomic E-state index is 0.137. The van der Waals surface area contributed by atoms with E-state index in [1.54, 1.807) is 12.1 Å². The van der Waals surface area contributed by atoms with Gasteiger partial charge >= 0.3 is 0 Å². The highest BCUT2D eigenvalue weighted by atomic mass is 19.1. The molecule has 0 radical (unpaired) electrons. The first kappa shape index (κ1) is 14.1. The van der Waals surface area contributed by atoms with Crippen molar-refractivity contribution in [3.8, 4) is 0 Å². The van der Waals surface area contributed by atoms with Crippen LogP contribution in [0, 0.1) is 17.2 Å². The van der Waals surface area contributed by atoms with Gasteiger partial charge in [-0.25, -0.2) is 4.39 Å². The van der Waals surface area contributed by atoms with Crippen LogP contribution in [-0.2, 0) is 0 Å². The van der Waals surface area contributed by atoms with E-state index in [2.05, 4.69) is 12.2 Å². The van der Waals surface area contributed by atoms with Crippen molar-refractivity contribution in [3.63, 3.8) is 0 Å². The fourth-order valence-electron chi connectivity index (χ4n) is 3.59. The van der Waals surface area contributed by atoms with Crippen molar-refractivity contribution in [2.75, 3.05) is 6.54 Å². The Morgan fingerprint density at radius 3 is 2.40 bits per heavy atom. The third kappa shape index (κ3) is 3.41. The average Bonchev–Trinajstić information content (AvgIpc) is 3.26. The summed E-state index contributed by atoms with van der Waals surface area (Å²) in [6, 6.07) is 7.52. The van der Waals surface area contributed by atoms with E-state index in [1.165, 1.54) is 50.5 Å². The molecule has 2 fully saturated rings. The number of benzene rings is 1. The van der Waals surface area contributed by atoms with Crippen molar-refractivity contribution in [2.45, 2.75) is 57.9 Å². The van der Waals surface area contributed by atoms with Crippen molar-refractivity contribution in [1.29, 1.82) is 0 Å². The highest BCUT2D eigenvalue weighted by Crippen LogP contribution is 2.42. The smallest absolute Gasteiger partial charge is 0.123 e. The first-order chi connectivity index (χ1) is 9.66. The minimum atomic E-state index is -0.137. The Hall–Kier alpha value is -0.890. The summed E-state index contributed by atoms with van der Waals surface area (Å²) >= 11 is 0.